The third-order valence-corrected chi connectivity index (χ3v) is 4.63. The van der Waals surface area contributed by atoms with Crippen molar-refractivity contribution in [3.8, 4) is 0 Å². The summed E-state index contributed by atoms with van der Waals surface area (Å²) in [6, 6.07) is 2.16. The van der Waals surface area contributed by atoms with Gasteiger partial charge in [0.25, 0.3) is 5.91 Å². The van der Waals surface area contributed by atoms with Crippen molar-refractivity contribution in [3.05, 3.63) is 40.3 Å². The Balaban J connectivity index is 1.98. The summed E-state index contributed by atoms with van der Waals surface area (Å²) in [6.45, 7) is 5.45. The summed E-state index contributed by atoms with van der Waals surface area (Å²) >= 11 is 1.22. The molecule has 3 aromatic heterocycles. The Hall–Kier alpha value is -2.49. The maximum atomic E-state index is 12.9. The highest BCUT2D eigenvalue weighted by atomic mass is 32.1. The van der Waals surface area contributed by atoms with Gasteiger partial charge in [0.2, 0.25) is 5.13 Å². The summed E-state index contributed by atoms with van der Waals surface area (Å²) in [4.78, 5) is 16.7. The molecule has 132 valence electrons. The lowest BCUT2D eigenvalue weighted by atomic mass is 10.2. The average molecular weight is 369 g/mol. The first kappa shape index (κ1) is 17.3. The van der Waals surface area contributed by atoms with E-state index in [0.29, 0.717) is 5.69 Å². The first-order valence-electron chi connectivity index (χ1n) is 7.37. The summed E-state index contributed by atoms with van der Waals surface area (Å²) in [7, 11) is 0. The zero-order valence-corrected chi connectivity index (χ0v) is 14.4. The van der Waals surface area contributed by atoms with E-state index in [9.17, 15) is 18.0 Å². The lowest BCUT2D eigenvalue weighted by molar-refractivity contribution is -0.137. The van der Waals surface area contributed by atoms with Crippen LogP contribution in [0.15, 0.2) is 18.3 Å². The molecule has 0 fully saturated rings. The van der Waals surface area contributed by atoms with E-state index in [0.717, 1.165) is 21.7 Å². The Morgan fingerprint density at radius 2 is 2.00 bits per heavy atom. The number of aryl methyl sites for hydroxylation is 1. The number of pyridine rings is 1. The Morgan fingerprint density at radius 3 is 2.60 bits per heavy atom. The number of imidazole rings is 1. The summed E-state index contributed by atoms with van der Waals surface area (Å²) < 4.78 is 39.9. The van der Waals surface area contributed by atoms with Gasteiger partial charge < -0.3 is 0 Å². The van der Waals surface area contributed by atoms with Crippen LogP contribution in [-0.2, 0) is 6.18 Å². The van der Waals surface area contributed by atoms with Crippen molar-refractivity contribution >= 4 is 28.0 Å². The summed E-state index contributed by atoms with van der Waals surface area (Å²) in [5.41, 5.74) is -0.243. The molecule has 0 saturated carbocycles. The molecule has 3 aromatic rings. The smallest absolute Gasteiger partial charge is 0.295 e. The van der Waals surface area contributed by atoms with E-state index in [-0.39, 0.29) is 22.4 Å². The van der Waals surface area contributed by atoms with Crippen LogP contribution in [0.3, 0.4) is 0 Å². The van der Waals surface area contributed by atoms with Gasteiger partial charge in [0.1, 0.15) is 16.3 Å². The van der Waals surface area contributed by atoms with Crippen molar-refractivity contribution < 1.29 is 18.0 Å². The van der Waals surface area contributed by atoms with Crippen molar-refractivity contribution in [3.63, 3.8) is 0 Å². The molecule has 0 unspecified atom stereocenters. The Bertz CT molecular complexity index is 944. The van der Waals surface area contributed by atoms with Crippen molar-refractivity contribution in [2.75, 3.05) is 5.32 Å². The lowest BCUT2D eigenvalue weighted by Crippen LogP contribution is -2.16. The van der Waals surface area contributed by atoms with Crippen molar-refractivity contribution in [2.24, 2.45) is 0 Å². The van der Waals surface area contributed by atoms with Crippen LogP contribution in [0.4, 0.5) is 18.3 Å². The number of carbonyl (C=O) groups excluding carboxylic acids is 1. The maximum absolute atomic E-state index is 12.9. The molecule has 0 atom stereocenters. The van der Waals surface area contributed by atoms with E-state index in [1.165, 1.54) is 17.4 Å². The molecule has 10 heteroatoms. The van der Waals surface area contributed by atoms with Gasteiger partial charge in [0.05, 0.1) is 11.3 Å². The van der Waals surface area contributed by atoms with Crippen LogP contribution in [0.1, 0.15) is 46.5 Å². The van der Waals surface area contributed by atoms with Gasteiger partial charge in [0, 0.05) is 12.1 Å². The lowest BCUT2D eigenvalue weighted by Gasteiger charge is -2.08. The minimum Gasteiger partial charge on any atom is -0.295 e. The molecule has 3 rings (SSSR count). The monoisotopic (exact) mass is 369 g/mol. The molecule has 0 aliphatic carbocycles. The van der Waals surface area contributed by atoms with E-state index >= 15 is 0 Å². The third-order valence-electron chi connectivity index (χ3n) is 3.49. The second-order valence-corrected chi connectivity index (χ2v) is 6.75. The van der Waals surface area contributed by atoms with E-state index in [1.807, 2.05) is 13.8 Å². The van der Waals surface area contributed by atoms with Crippen LogP contribution in [-0.4, -0.2) is 25.5 Å². The zero-order valence-electron chi connectivity index (χ0n) is 13.5. The number of amides is 1. The maximum Gasteiger partial charge on any atom is 0.417 e. The standard InChI is InChI=1S/C15H14F3N5OS/c1-7(2)13-21-22-14(25-13)20-12(24)11-8(3)19-10-5-4-9(6-23(10)11)15(16,17)18/h4-7H,1-3H3,(H,20,22,24). The number of hydrogen-bond acceptors (Lipinski definition) is 5. The number of rotatable bonds is 3. The van der Waals surface area contributed by atoms with Crippen LogP contribution in [0, 0.1) is 6.92 Å². The number of nitrogens with zero attached hydrogens (tertiary/aromatic N) is 4. The molecule has 1 amide bonds. The molecule has 25 heavy (non-hydrogen) atoms. The van der Waals surface area contributed by atoms with Gasteiger partial charge in [0.15, 0.2) is 0 Å². The van der Waals surface area contributed by atoms with E-state index in [1.54, 1.807) is 6.92 Å². The van der Waals surface area contributed by atoms with Crippen LogP contribution < -0.4 is 5.32 Å². The van der Waals surface area contributed by atoms with Gasteiger partial charge in [-0.3, -0.25) is 14.5 Å². The minimum absolute atomic E-state index is 0.0300. The highest BCUT2D eigenvalue weighted by Gasteiger charge is 2.31. The van der Waals surface area contributed by atoms with Gasteiger partial charge in [-0.1, -0.05) is 25.2 Å². The summed E-state index contributed by atoms with van der Waals surface area (Å²) in [6.07, 6.45) is -3.64. The van der Waals surface area contributed by atoms with Crippen LogP contribution in [0.2, 0.25) is 0 Å². The molecule has 6 nitrogen and oxygen atoms in total. The molecule has 0 aromatic carbocycles. The number of carbonyl (C=O) groups is 1. The Labute approximate surface area is 144 Å². The number of fused-ring (bicyclic) bond motifs is 1. The molecular formula is C15H14F3N5OS. The van der Waals surface area contributed by atoms with Gasteiger partial charge in [-0.15, -0.1) is 10.2 Å². The fraction of sp³-hybridized carbons (Fsp3) is 0.333. The van der Waals surface area contributed by atoms with E-state index in [2.05, 4.69) is 20.5 Å². The van der Waals surface area contributed by atoms with Gasteiger partial charge in [-0.05, 0) is 19.1 Å². The molecule has 0 bridgehead atoms. The highest BCUT2D eigenvalue weighted by molar-refractivity contribution is 7.15. The third kappa shape index (κ3) is 3.34. The van der Waals surface area contributed by atoms with Gasteiger partial charge >= 0.3 is 6.18 Å². The van der Waals surface area contributed by atoms with Gasteiger partial charge in [-0.25, -0.2) is 4.98 Å². The molecule has 0 aliphatic heterocycles. The van der Waals surface area contributed by atoms with Crippen LogP contribution in [0.25, 0.3) is 5.65 Å². The average Bonchev–Trinajstić information content (AvgIpc) is 3.08. The van der Waals surface area contributed by atoms with E-state index in [4.69, 9.17) is 0 Å². The molecule has 3 heterocycles. The predicted octanol–water partition coefficient (Wildman–Crippen LogP) is 3.89. The molecule has 0 saturated heterocycles. The van der Waals surface area contributed by atoms with Crippen molar-refractivity contribution in [1.82, 2.24) is 19.6 Å². The normalized spacial score (nSPS) is 12.1. The fourth-order valence-corrected chi connectivity index (χ4v) is 3.02. The quantitative estimate of drug-likeness (QED) is 0.760. The number of halogens is 3. The summed E-state index contributed by atoms with van der Waals surface area (Å²) in [5, 5.41) is 11.5. The predicted molar refractivity (Wildman–Crippen MR) is 86.9 cm³/mol. The first-order chi connectivity index (χ1) is 11.7. The summed E-state index contributed by atoms with van der Waals surface area (Å²) in [5.74, 6) is -0.425. The Kier molecular flexibility index (Phi) is 4.23. The molecule has 0 spiro atoms. The molecular weight excluding hydrogens is 355 g/mol. The second-order valence-electron chi connectivity index (χ2n) is 5.74. The molecule has 1 N–H and O–H groups in total. The number of nitrogens with one attached hydrogen (secondary N) is 1. The number of aromatic nitrogens is 4. The van der Waals surface area contributed by atoms with E-state index < -0.39 is 17.6 Å². The van der Waals surface area contributed by atoms with Crippen LogP contribution >= 0.6 is 11.3 Å². The number of anilines is 1. The SMILES string of the molecule is Cc1nc2ccc(C(F)(F)F)cn2c1C(=O)Nc1nnc(C(C)C)s1. The highest BCUT2D eigenvalue weighted by Crippen LogP contribution is 2.30. The molecule has 0 aliphatic rings. The Morgan fingerprint density at radius 1 is 1.28 bits per heavy atom. The van der Waals surface area contributed by atoms with Gasteiger partial charge in [-0.2, -0.15) is 13.2 Å². The fourth-order valence-electron chi connectivity index (χ4n) is 2.28. The van der Waals surface area contributed by atoms with Crippen molar-refractivity contribution in [2.45, 2.75) is 32.9 Å². The molecule has 0 radical (unpaired) electrons. The van der Waals surface area contributed by atoms with Crippen molar-refractivity contribution in [1.29, 1.82) is 0 Å². The second kappa shape index (κ2) is 6.10. The van der Waals surface area contributed by atoms with Crippen LogP contribution in [0.5, 0.6) is 0 Å². The zero-order chi connectivity index (χ0) is 18.4. The number of hydrogen-bond donors (Lipinski definition) is 1. The topological polar surface area (TPSA) is 72.2 Å². The first-order valence-corrected chi connectivity index (χ1v) is 8.19. The largest absolute Gasteiger partial charge is 0.417 e. The minimum atomic E-state index is -4.51. The number of alkyl halides is 3.